The van der Waals surface area contributed by atoms with Crippen LogP contribution in [0.5, 0.6) is 0 Å². The molecule has 0 spiro atoms. The fraction of sp³-hybridized carbons (Fsp3) is 0.333. The van der Waals surface area contributed by atoms with Crippen LogP contribution in [0.2, 0.25) is 0 Å². The Kier molecular flexibility index (Phi) is 7.78. The van der Waals surface area contributed by atoms with Gasteiger partial charge in [-0.25, -0.2) is 8.42 Å². The summed E-state index contributed by atoms with van der Waals surface area (Å²) in [6.45, 7) is 1.48. The highest BCUT2D eigenvalue weighted by atomic mass is 32.2. The van der Waals surface area contributed by atoms with Crippen molar-refractivity contribution in [2.75, 3.05) is 12.4 Å². The standard InChI is InChI=1S/C15H18N4O6S/c1-10(20)7-12(21)8-13(25-2)9-15(22)17-11-3-5-14(6-4-11)26(23,24)19-18-16/h3-6,9-10,20H,7-8H2,1-2H3,(H,17,22)/b13-9+. The van der Waals surface area contributed by atoms with E-state index in [4.69, 9.17) is 15.4 Å². The van der Waals surface area contributed by atoms with Crippen LogP contribution in [0, 0.1) is 0 Å². The van der Waals surface area contributed by atoms with Gasteiger partial charge in [0.2, 0.25) is 0 Å². The lowest BCUT2D eigenvalue weighted by molar-refractivity contribution is -0.120. The van der Waals surface area contributed by atoms with Crippen LogP contribution in [0.25, 0.3) is 10.4 Å². The van der Waals surface area contributed by atoms with Crippen molar-refractivity contribution in [3.05, 3.63) is 46.5 Å². The second kappa shape index (κ2) is 9.56. The molecule has 1 atom stereocenters. The van der Waals surface area contributed by atoms with Crippen molar-refractivity contribution in [2.45, 2.75) is 30.8 Å². The Hall–Kier alpha value is -2.88. The molecule has 0 bridgehead atoms. The molecule has 0 saturated carbocycles. The average Bonchev–Trinajstić information content (AvgIpc) is 2.53. The van der Waals surface area contributed by atoms with Gasteiger partial charge in [-0.1, -0.05) is 0 Å². The number of azide groups is 1. The van der Waals surface area contributed by atoms with Crippen molar-refractivity contribution in [1.82, 2.24) is 0 Å². The molecule has 0 aliphatic rings. The molecule has 140 valence electrons. The van der Waals surface area contributed by atoms with Gasteiger partial charge in [-0.2, -0.15) is 0 Å². The van der Waals surface area contributed by atoms with E-state index in [1.165, 1.54) is 38.3 Å². The first-order valence-corrected chi connectivity index (χ1v) is 8.78. The largest absolute Gasteiger partial charge is 0.500 e. The zero-order chi connectivity index (χ0) is 19.7. The van der Waals surface area contributed by atoms with Crippen LogP contribution in [-0.4, -0.2) is 38.4 Å². The third-order valence-corrected chi connectivity index (χ3v) is 4.17. The van der Waals surface area contributed by atoms with E-state index in [0.717, 1.165) is 6.08 Å². The van der Waals surface area contributed by atoms with Crippen molar-refractivity contribution >= 4 is 27.4 Å². The average molecular weight is 382 g/mol. The van der Waals surface area contributed by atoms with E-state index in [-0.39, 0.29) is 35.0 Å². The number of carbonyl (C=O) groups excluding carboxylic acids is 2. The molecule has 10 nitrogen and oxygen atoms in total. The number of carbonyl (C=O) groups is 2. The normalized spacial score (nSPS) is 12.7. The molecule has 0 fully saturated rings. The Morgan fingerprint density at radius 1 is 1.38 bits per heavy atom. The summed E-state index contributed by atoms with van der Waals surface area (Å²) < 4.78 is 30.8. The smallest absolute Gasteiger partial charge is 0.264 e. The number of anilines is 1. The monoisotopic (exact) mass is 382 g/mol. The molecular formula is C15H18N4O6S. The van der Waals surface area contributed by atoms with E-state index >= 15 is 0 Å². The Balaban J connectivity index is 2.80. The Labute approximate surface area is 150 Å². The van der Waals surface area contributed by atoms with E-state index in [1.54, 1.807) is 0 Å². The number of nitrogens with one attached hydrogen (secondary N) is 1. The Morgan fingerprint density at radius 3 is 2.50 bits per heavy atom. The maximum atomic E-state index is 12.0. The molecular weight excluding hydrogens is 364 g/mol. The highest BCUT2D eigenvalue weighted by Crippen LogP contribution is 2.16. The fourth-order valence-electron chi connectivity index (χ4n) is 1.91. The van der Waals surface area contributed by atoms with Crippen LogP contribution < -0.4 is 5.32 Å². The van der Waals surface area contributed by atoms with Crippen molar-refractivity contribution in [2.24, 2.45) is 4.52 Å². The molecule has 1 aromatic carbocycles. The minimum absolute atomic E-state index is 0.0521. The molecule has 0 saturated heterocycles. The molecule has 1 amide bonds. The molecule has 0 radical (unpaired) electrons. The lowest BCUT2D eigenvalue weighted by Crippen LogP contribution is -2.13. The topological polar surface area (TPSA) is 159 Å². The maximum Gasteiger partial charge on any atom is 0.264 e. The third kappa shape index (κ3) is 6.93. The van der Waals surface area contributed by atoms with Gasteiger partial charge in [-0.3, -0.25) is 9.59 Å². The van der Waals surface area contributed by atoms with Crippen molar-refractivity contribution in [3.8, 4) is 0 Å². The van der Waals surface area contributed by atoms with E-state index in [0.29, 0.717) is 0 Å². The number of sulfonamides is 1. The molecule has 0 heterocycles. The number of nitrogens with zero attached hydrogens (tertiary/aromatic N) is 3. The number of aliphatic hydroxyl groups is 1. The predicted molar refractivity (Wildman–Crippen MR) is 92.4 cm³/mol. The van der Waals surface area contributed by atoms with Crippen molar-refractivity contribution in [1.29, 1.82) is 0 Å². The zero-order valence-corrected chi connectivity index (χ0v) is 14.9. The van der Waals surface area contributed by atoms with E-state index in [1.807, 2.05) is 0 Å². The highest BCUT2D eigenvalue weighted by molar-refractivity contribution is 7.90. The molecule has 26 heavy (non-hydrogen) atoms. The van der Waals surface area contributed by atoms with Gasteiger partial charge in [0, 0.05) is 27.6 Å². The first kappa shape index (κ1) is 21.2. The van der Waals surface area contributed by atoms with E-state index < -0.39 is 22.0 Å². The fourth-order valence-corrected chi connectivity index (χ4v) is 2.58. The Bertz CT molecular complexity index is 839. The number of hydrogen-bond acceptors (Lipinski definition) is 6. The number of rotatable bonds is 9. The van der Waals surface area contributed by atoms with Gasteiger partial charge < -0.3 is 15.2 Å². The van der Waals surface area contributed by atoms with Crippen molar-refractivity contribution in [3.63, 3.8) is 0 Å². The van der Waals surface area contributed by atoms with Crippen LogP contribution in [0.1, 0.15) is 19.8 Å². The molecule has 0 aliphatic carbocycles. The number of Topliss-reactive ketones (excluding diaryl/α,β-unsaturated/α-hetero) is 1. The summed E-state index contributed by atoms with van der Waals surface area (Å²) in [4.78, 5) is 25.6. The van der Waals surface area contributed by atoms with Gasteiger partial charge in [0.1, 0.15) is 11.5 Å². The van der Waals surface area contributed by atoms with Gasteiger partial charge in [0.05, 0.1) is 24.5 Å². The number of methoxy groups -OCH3 is 1. The SMILES string of the molecule is CO/C(=C/C(=O)Nc1ccc(S(=O)(=O)N=[N+]=[N-])cc1)CC(=O)CC(C)O. The number of amides is 1. The molecule has 11 heteroatoms. The summed E-state index contributed by atoms with van der Waals surface area (Å²) in [5, 5.41) is 11.6. The molecule has 0 aliphatic heterocycles. The molecule has 0 aromatic heterocycles. The number of allylic oxidation sites excluding steroid dienone is 1. The Morgan fingerprint density at radius 2 is 2.00 bits per heavy atom. The number of aliphatic hydroxyl groups excluding tert-OH is 1. The molecule has 1 rings (SSSR count). The number of benzene rings is 1. The predicted octanol–water partition coefficient (Wildman–Crippen LogP) is 1.88. The van der Waals surface area contributed by atoms with Gasteiger partial charge >= 0.3 is 0 Å². The second-order valence-electron chi connectivity index (χ2n) is 5.24. The van der Waals surface area contributed by atoms with Crippen LogP contribution in [0.15, 0.2) is 45.5 Å². The number of ketones is 1. The van der Waals surface area contributed by atoms with Crippen LogP contribution in [-0.2, 0) is 24.3 Å². The summed E-state index contributed by atoms with van der Waals surface area (Å²) >= 11 is 0. The van der Waals surface area contributed by atoms with E-state index in [9.17, 15) is 18.0 Å². The highest BCUT2D eigenvalue weighted by Gasteiger charge is 2.13. The van der Waals surface area contributed by atoms with Crippen LogP contribution in [0.3, 0.4) is 0 Å². The van der Waals surface area contributed by atoms with Gasteiger partial charge in [0.25, 0.3) is 15.9 Å². The molecule has 2 N–H and O–H groups in total. The minimum Gasteiger partial charge on any atom is -0.500 e. The van der Waals surface area contributed by atoms with Gasteiger partial charge in [-0.15, -0.1) is 0 Å². The lowest BCUT2D eigenvalue weighted by Gasteiger charge is -2.08. The second-order valence-corrected chi connectivity index (χ2v) is 6.83. The quantitative estimate of drug-likeness (QED) is 0.218. The summed E-state index contributed by atoms with van der Waals surface area (Å²) in [7, 11) is -2.79. The zero-order valence-electron chi connectivity index (χ0n) is 14.1. The summed E-state index contributed by atoms with van der Waals surface area (Å²) in [5.74, 6) is -0.749. The summed E-state index contributed by atoms with van der Waals surface area (Å²) in [6, 6.07) is 4.98. The first-order valence-electron chi connectivity index (χ1n) is 7.34. The maximum absolute atomic E-state index is 12.0. The first-order chi connectivity index (χ1) is 12.2. The van der Waals surface area contributed by atoms with Crippen LogP contribution in [0.4, 0.5) is 5.69 Å². The molecule has 1 unspecified atom stereocenters. The van der Waals surface area contributed by atoms with Gasteiger partial charge in [0.15, 0.2) is 0 Å². The van der Waals surface area contributed by atoms with Gasteiger partial charge in [-0.05, 0) is 36.7 Å². The third-order valence-electron chi connectivity index (χ3n) is 3.01. The summed E-state index contributed by atoms with van der Waals surface area (Å²) in [5.41, 5.74) is 8.51. The lowest BCUT2D eigenvalue weighted by atomic mass is 10.1. The van der Waals surface area contributed by atoms with E-state index in [2.05, 4.69) is 14.7 Å². The molecule has 1 aromatic rings. The van der Waals surface area contributed by atoms with Crippen molar-refractivity contribution < 1.29 is 27.9 Å². The summed E-state index contributed by atoms with van der Waals surface area (Å²) in [6.07, 6.45) is 0.112. The van der Waals surface area contributed by atoms with Crippen LogP contribution >= 0.6 is 0 Å². The number of hydrogen-bond donors (Lipinski definition) is 2. The number of ether oxygens (including phenoxy) is 1. The minimum atomic E-state index is -4.10.